The van der Waals surface area contributed by atoms with Crippen LogP contribution in [0.1, 0.15) is 30.1 Å². The molecule has 1 aliphatic carbocycles. The molecule has 1 atom stereocenters. The number of phenolic OH excluding ortho intramolecular Hbond substituents is 1. The summed E-state index contributed by atoms with van der Waals surface area (Å²) in [5.41, 5.74) is -0.659. The zero-order valence-corrected chi connectivity index (χ0v) is 11.6. The van der Waals surface area contributed by atoms with Crippen molar-refractivity contribution < 1.29 is 19.4 Å². The van der Waals surface area contributed by atoms with E-state index in [1.807, 2.05) is 0 Å². The molecule has 110 valence electrons. The molecule has 1 fully saturated rings. The van der Waals surface area contributed by atoms with Crippen LogP contribution in [0.25, 0.3) is 0 Å². The molecule has 1 aromatic carbocycles. The van der Waals surface area contributed by atoms with Gasteiger partial charge in [0.05, 0.1) is 11.6 Å². The summed E-state index contributed by atoms with van der Waals surface area (Å²) >= 11 is 0. The molecule has 2 rings (SSSR count). The first-order valence-corrected chi connectivity index (χ1v) is 6.63. The molecule has 1 aliphatic rings. The van der Waals surface area contributed by atoms with E-state index in [4.69, 9.17) is 15.1 Å². The van der Waals surface area contributed by atoms with Crippen LogP contribution in [0.5, 0.6) is 5.75 Å². The molecular weight excluding hydrogens is 272 g/mol. The molecule has 0 radical (unpaired) electrons. The normalized spacial score (nSPS) is 16.4. The maximum atomic E-state index is 11.8. The zero-order valence-electron chi connectivity index (χ0n) is 11.6. The Bertz CT molecular complexity index is 587. The highest BCUT2D eigenvalue weighted by molar-refractivity contribution is 5.91. The lowest BCUT2D eigenvalue weighted by molar-refractivity contribution is -0.125. The summed E-state index contributed by atoms with van der Waals surface area (Å²) in [7, 11) is 0. The van der Waals surface area contributed by atoms with Crippen molar-refractivity contribution in [3.8, 4) is 11.8 Å². The maximum absolute atomic E-state index is 11.8. The highest BCUT2D eigenvalue weighted by atomic mass is 16.5. The number of nitrogens with one attached hydrogen (secondary N) is 1. The molecule has 1 amide bonds. The van der Waals surface area contributed by atoms with Gasteiger partial charge in [-0.15, -0.1) is 0 Å². The molecule has 0 aromatic heterocycles. The van der Waals surface area contributed by atoms with Crippen LogP contribution >= 0.6 is 0 Å². The van der Waals surface area contributed by atoms with Gasteiger partial charge in [0.25, 0.3) is 5.91 Å². The predicted octanol–water partition coefficient (Wildman–Crippen LogP) is 1.36. The number of nitrogens with zero attached hydrogens (tertiary/aromatic N) is 1. The van der Waals surface area contributed by atoms with E-state index in [1.54, 1.807) is 6.92 Å². The molecule has 6 heteroatoms. The Kier molecular flexibility index (Phi) is 4.13. The van der Waals surface area contributed by atoms with Gasteiger partial charge in [-0.2, -0.15) is 5.26 Å². The predicted molar refractivity (Wildman–Crippen MR) is 73.3 cm³/mol. The van der Waals surface area contributed by atoms with Gasteiger partial charge in [-0.3, -0.25) is 4.79 Å². The molecule has 0 saturated heterocycles. The van der Waals surface area contributed by atoms with Crippen molar-refractivity contribution in [2.24, 2.45) is 5.92 Å². The molecular formula is C15H16N2O4. The largest absolute Gasteiger partial charge is 0.508 e. The fourth-order valence-corrected chi connectivity index (χ4v) is 2.02. The smallest absolute Gasteiger partial charge is 0.338 e. The Morgan fingerprint density at radius 1 is 1.43 bits per heavy atom. The molecule has 0 unspecified atom stereocenters. The van der Waals surface area contributed by atoms with Crippen molar-refractivity contribution in [1.29, 1.82) is 5.26 Å². The third kappa shape index (κ3) is 3.72. The standard InChI is InChI=1S/C15H16N2O4/c1-15(9-16,11-4-5-11)17-13(19)8-21-14(20)10-2-6-12(18)7-3-10/h2-3,6-7,11,18H,4-5,8H2,1H3,(H,17,19)/t15-/m0/s1. The van der Waals surface area contributed by atoms with Crippen molar-refractivity contribution in [1.82, 2.24) is 5.32 Å². The number of carbonyl (C=O) groups excluding carboxylic acids is 2. The molecule has 6 nitrogen and oxygen atoms in total. The van der Waals surface area contributed by atoms with Crippen LogP contribution in [0, 0.1) is 17.2 Å². The van der Waals surface area contributed by atoms with Gasteiger partial charge in [0.15, 0.2) is 6.61 Å². The molecule has 1 saturated carbocycles. The van der Waals surface area contributed by atoms with Gasteiger partial charge in [0, 0.05) is 0 Å². The minimum atomic E-state index is -0.901. The first-order chi connectivity index (χ1) is 9.94. The second-order valence-electron chi connectivity index (χ2n) is 5.26. The van der Waals surface area contributed by atoms with Crippen molar-refractivity contribution in [3.63, 3.8) is 0 Å². The van der Waals surface area contributed by atoms with Crippen LogP contribution in [0.15, 0.2) is 24.3 Å². The summed E-state index contributed by atoms with van der Waals surface area (Å²) in [6.07, 6.45) is 1.83. The monoisotopic (exact) mass is 288 g/mol. The lowest BCUT2D eigenvalue weighted by Crippen LogP contribution is -2.48. The van der Waals surface area contributed by atoms with Gasteiger partial charge in [0.2, 0.25) is 0 Å². The maximum Gasteiger partial charge on any atom is 0.338 e. The van der Waals surface area contributed by atoms with Gasteiger partial charge in [-0.1, -0.05) is 0 Å². The number of hydrogen-bond donors (Lipinski definition) is 2. The van der Waals surface area contributed by atoms with Crippen LogP contribution < -0.4 is 5.32 Å². The van der Waals surface area contributed by atoms with Crippen molar-refractivity contribution in [2.75, 3.05) is 6.61 Å². The number of aromatic hydroxyl groups is 1. The van der Waals surface area contributed by atoms with Crippen LogP contribution in [0.2, 0.25) is 0 Å². The zero-order chi connectivity index (χ0) is 15.5. The number of phenols is 1. The van der Waals surface area contributed by atoms with Crippen molar-refractivity contribution in [3.05, 3.63) is 29.8 Å². The summed E-state index contributed by atoms with van der Waals surface area (Å²) in [6.45, 7) is 1.23. The molecule has 1 aromatic rings. The SMILES string of the molecule is C[C@@](C#N)(NC(=O)COC(=O)c1ccc(O)cc1)C1CC1. The third-order valence-electron chi connectivity index (χ3n) is 3.46. The molecule has 0 spiro atoms. The Labute approximate surface area is 122 Å². The van der Waals surface area contributed by atoms with E-state index in [1.165, 1.54) is 24.3 Å². The highest BCUT2D eigenvalue weighted by Crippen LogP contribution is 2.39. The Balaban J connectivity index is 1.85. The highest BCUT2D eigenvalue weighted by Gasteiger charge is 2.43. The summed E-state index contributed by atoms with van der Waals surface area (Å²) in [5, 5.41) is 20.9. The Hall–Kier alpha value is -2.55. The van der Waals surface area contributed by atoms with E-state index in [-0.39, 0.29) is 17.2 Å². The van der Waals surface area contributed by atoms with E-state index in [0.29, 0.717) is 0 Å². The summed E-state index contributed by atoms with van der Waals surface area (Å²) in [4.78, 5) is 23.5. The van der Waals surface area contributed by atoms with Gasteiger partial charge in [0.1, 0.15) is 11.3 Å². The number of carbonyl (C=O) groups is 2. The first kappa shape index (κ1) is 14.9. The molecule has 0 bridgehead atoms. The van der Waals surface area contributed by atoms with E-state index >= 15 is 0 Å². The van der Waals surface area contributed by atoms with Gasteiger partial charge >= 0.3 is 5.97 Å². The van der Waals surface area contributed by atoms with E-state index in [0.717, 1.165) is 12.8 Å². The molecule has 0 aliphatic heterocycles. The van der Waals surface area contributed by atoms with E-state index in [2.05, 4.69) is 11.4 Å². The van der Waals surface area contributed by atoms with Gasteiger partial charge in [-0.25, -0.2) is 4.79 Å². The number of rotatable bonds is 5. The number of ether oxygens (including phenoxy) is 1. The fraction of sp³-hybridized carbons (Fsp3) is 0.400. The number of benzene rings is 1. The second-order valence-corrected chi connectivity index (χ2v) is 5.26. The van der Waals surface area contributed by atoms with Crippen molar-refractivity contribution >= 4 is 11.9 Å². The fourth-order valence-electron chi connectivity index (χ4n) is 2.02. The second kappa shape index (κ2) is 5.83. The number of nitriles is 1. The van der Waals surface area contributed by atoms with Crippen LogP contribution in [0.3, 0.4) is 0 Å². The lowest BCUT2D eigenvalue weighted by Gasteiger charge is -2.22. The first-order valence-electron chi connectivity index (χ1n) is 6.63. The summed E-state index contributed by atoms with van der Waals surface area (Å²) < 4.78 is 4.88. The minimum Gasteiger partial charge on any atom is -0.508 e. The third-order valence-corrected chi connectivity index (χ3v) is 3.46. The van der Waals surface area contributed by atoms with E-state index < -0.39 is 24.0 Å². The minimum absolute atomic E-state index is 0.0403. The average Bonchev–Trinajstić information content (AvgIpc) is 3.30. The Morgan fingerprint density at radius 3 is 2.57 bits per heavy atom. The molecule has 2 N–H and O–H groups in total. The van der Waals surface area contributed by atoms with Crippen LogP contribution in [-0.2, 0) is 9.53 Å². The Morgan fingerprint density at radius 2 is 2.05 bits per heavy atom. The quantitative estimate of drug-likeness (QED) is 0.797. The van der Waals surface area contributed by atoms with Gasteiger partial charge in [-0.05, 0) is 49.9 Å². The summed E-state index contributed by atoms with van der Waals surface area (Å²) in [5.74, 6) is -0.953. The topological polar surface area (TPSA) is 99.4 Å². The summed E-state index contributed by atoms with van der Waals surface area (Å²) in [6, 6.07) is 7.62. The molecule has 21 heavy (non-hydrogen) atoms. The number of esters is 1. The van der Waals surface area contributed by atoms with E-state index in [9.17, 15) is 9.59 Å². The number of amides is 1. The van der Waals surface area contributed by atoms with Gasteiger partial charge < -0.3 is 15.2 Å². The van der Waals surface area contributed by atoms with Crippen molar-refractivity contribution in [2.45, 2.75) is 25.3 Å². The number of hydrogen-bond acceptors (Lipinski definition) is 5. The lowest BCUT2D eigenvalue weighted by atomic mass is 9.98. The molecule has 0 heterocycles. The van der Waals surface area contributed by atoms with Crippen LogP contribution in [-0.4, -0.2) is 29.1 Å². The van der Waals surface area contributed by atoms with Crippen LogP contribution in [0.4, 0.5) is 0 Å². The average molecular weight is 288 g/mol.